The van der Waals surface area contributed by atoms with Gasteiger partial charge < -0.3 is 10.4 Å². The van der Waals surface area contributed by atoms with E-state index in [0.29, 0.717) is 0 Å². The zero-order chi connectivity index (χ0) is 11.3. The zero-order valence-corrected chi connectivity index (χ0v) is 11.6. The van der Waals surface area contributed by atoms with Gasteiger partial charge in [-0.25, -0.2) is 0 Å². The molecule has 1 rings (SSSR count). The summed E-state index contributed by atoms with van der Waals surface area (Å²) < 4.78 is 1.13. The Morgan fingerprint density at radius 3 is 2.80 bits per heavy atom. The van der Waals surface area contributed by atoms with Crippen molar-refractivity contribution in [2.45, 2.75) is 38.8 Å². The monoisotopic (exact) mass is 291 g/mol. The normalized spacial score (nSPS) is 15.2. The van der Waals surface area contributed by atoms with E-state index in [9.17, 15) is 5.11 Å². The van der Waals surface area contributed by atoms with Gasteiger partial charge in [-0.2, -0.15) is 0 Å². The molecular formula is C11H18BrNOS. The van der Waals surface area contributed by atoms with E-state index in [1.807, 2.05) is 0 Å². The van der Waals surface area contributed by atoms with Crippen molar-refractivity contribution < 1.29 is 5.11 Å². The number of halogens is 1. The van der Waals surface area contributed by atoms with Gasteiger partial charge in [-0.15, -0.1) is 11.3 Å². The molecule has 0 fully saturated rings. The van der Waals surface area contributed by atoms with E-state index >= 15 is 0 Å². The van der Waals surface area contributed by atoms with Crippen LogP contribution in [-0.4, -0.2) is 17.3 Å². The van der Waals surface area contributed by atoms with Gasteiger partial charge in [0, 0.05) is 26.8 Å². The van der Waals surface area contributed by atoms with Crippen molar-refractivity contribution in [3.05, 3.63) is 20.8 Å². The molecule has 0 aliphatic rings. The fourth-order valence-electron chi connectivity index (χ4n) is 1.52. The van der Waals surface area contributed by atoms with E-state index in [2.05, 4.69) is 46.5 Å². The fourth-order valence-corrected chi connectivity index (χ4v) is 2.91. The summed E-state index contributed by atoms with van der Waals surface area (Å²) in [4.78, 5) is 1.29. The highest BCUT2D eigenvalue weighted by molar-refractivity contribution is 9.10. The number of hydrogen-bond donors (Lipinski definition) is 2. The van der Waals surface area contributed by atoms with Crippen LogP contribution < -0.4 is 5.32 Å². The molecule has 1 unspecified atom stereocenters. The first-order chi connectivity index (χ1) is 7.09. The summed E-state index contributed by atoms with van der Waals surface area (Å²) in [7, 11) is 0. The second kappa shape index (κ2) is 5.99. The Hall–Kier alpha value is 0.1000. The van der Waals surface area contributed by atoms with Crippen LogP contribution in [0.15, 0.2) is 15.9 Å². The average molecular weight is 292 g/mol. The SMILES string of the molecule is CCCC(C)(CO)NCc1cc(Br)cs1. The zero-order valence-electron chi connectivity index (χ0n) is 9.22. The smallest absolute Gasteiger partial charge is 0.0610 e. The molecule has 0 saturated heterocycles. The summed E-state index contributed by atoms with van der Waals surface area (Å²) in [6, 6.07) is 2.11. The van der Waals surface area contributed by atoms with Crippen LogP contribution in [0.2, 0.25) is 0 Å². The molecule has 0 aliphatic carbocycles. The molecule has 0 saturated carbocycles. The predicted molar refractivity (Wildman–Crippen MR) is 69.3 cm³/mol. The van der Waals surface area contributed by atoms with Crippen molar-refractivity contribution in [3.63, 3.8) is 0 Å². The third kappa shape index (κ3) is 4.23. The first kappa shape index (κ1) is 13.2. The van der Waals surface area contributed by atoms with E-state index < -0.39 is 0 Å². The minimum Gasteiger partial charge on any atom is -0.394 e. The van der Waals surface area contributed by atoms with Crippen molar-refractivity contribution >= 4 is 27.3 Å². The second-order valence-electron chi connectivity index (χ2n) is 4.05. The van der Waals surface area contributed by atoms with Crippen LogP contribution in [-0.2, 0) is 6.54 Å². The Bertz CT molecular complexity index is 303. The first-order valence-corrected chi connectivity index (χ1v) is 6.86. The molecule has 1 aromatic rings. The standard InChI is InChI=1S/C11H18BrNOS/c1-3-4-11(2,8-14)13-6-10-5-9(12)7-15-10/h5,7,13-14H,3-4,6,8H2,1-2H3. The lowest BCUT2D eigenvalue weighted by Crippen LogP contribution is -2.44. The van der Waals surface area contributed by atoms with Gasteiger partial charge >= 0.3 is 0 Å². The summed E-state index contributed by atoms with van der Waals surface area (Å²) in [6.07, 6.45) is 2.08. The van der Waals surface area contributed by atoms with Crippen molar-refractivity contribution in [3.8, 4) is 0 Å². The fraction of sp³-hybridized carbons (Fsp3) is 0.636. The molecule has 86 valence electrons. The molecule has 0 bridgehead atoms. The molecule has 4 heteroatoms. The average Bonchev–Trinajstić information content (AvgIpc) is 2.62. The van der Waals surface area contributed by atoms with Crippen LogP contribution in [0.4, 0.5) is 0 Å². The van der Waals surface area contributed by atoms with E-state index in [4.69, 9.17) is 0 Å². The summed E-state index contributed by atoms with van der Waals surface area (Å²) >= 11 is 5.16. The third-order valence-corrected chi connectivity index (χ3v) is 4.16. The summed E-state index contributed by atoms with van der Waals surface area (Å²) in [6.45, 7) is 5.22. The van der Waals surface area contributed by atoms with Crippen molar-refractivity contribution in [2.24, 2.45) is 0 Å². The van der Waals surface area contributed by atoms with Gasteiger partial charge in [0.1, 0.15) is 0 Å². The predicted octanol–water partition coefficient (Wildman–Crippen LogP) is 3.15. The number of hydrogen-bond acceptors (Lipinski definition) is 3. The topological polar surface area (TPSA) is 32.3 Å². The van der Waals surface area contributed by atoms with Crippen LogP contribution in [0.3, 0.4) is 0 Å². The molecule has 2 N–H and O–H groups in total. The Balaban J connectivity index is 2.47. The van der Waals surface area contributed by atoms with Crippen molar-refractivity contribution in [1.29, 1.82) is 0 Å². The van der Waals surface area contributed by atoms with Crippen LogP contribution in [0, 0.1) is 0 Å². The van der Waals surface area contributed by atoms with Gasteiger partial charge in [0.15, 0.2) is 0 Å². The van der Waals surface area contributed by atoms with E-state index in [-0.39, 0.29) is 12.1 Å². The van der Waals surface area contributed by atoms with Gasteiger partial charge in [-0.3, -0.25) is 0 Å². The number of thiophene rings is 1. The van der Waals surface area contributed by atoms with Crippen molar-refractivity contribution in [2.75, 3.05) is 6.61 Å². The lowest BCUT2D eigenvalue weighted by atomic mass is 9.97. The lowest BCUT2D eigenvalue weighted by molar-refractivity contribution is 0.163. The van der Waals surface area contributed by atoms with Crippen LogP contribution in [0.1, 0.15) is 31.6 Å². The molecule has 0 aliphatic heterocycles. The number of aliphatic hydroxyl groups is 1. The Morgan fingerprint density at radius 1 is 1.60 bits per heavy atom. The maximum absolute atomic E-state index is 9.33. The van der Waals surface area contributed by atoms with Gasteiger partial charge in [0.2, 0.25) is 0 Å². The number of aliphatic hydroxyl groups excluding tert-OH is 1. The molecule has 2 nitrogen and oxygen atoms in total. The van der Waals surface area contributed by atoms with Gasteiger partial charge in [-0.05, 0) is 35.3 Å². The lowest BCUT2D eigenvalue weighted by Gasteiger charge is -2.28. The Labute approximate surface area is 104 Å². The molecular weight excluding hydrogens is 274 g/mol. The van der Waals surface area contributed by atoms with Gasteiger partial charge in [-0.1, -0.05) is 13.3 Å². The molecule has 15 heavy (non-hydrogen) atoms. The number of rotatable bonds is 6. The molecule has 0 radical (unpaired) electrons. The van der Waals surface area contributed by atoms with Gasteiger partial charge in [0.25, 0.3) is 0 Å². The molecule has 0 aromatic carbocycles. The maximum atomic E-state index is 9.33. The van der Waals surface area contributed by atoms with Gasteiger partial charge in [0.05, 0.1) is 6.61 Å². The highest BCUT2D eigenvalue weighted by Gasteiger charge is 2.21. The number of nitrogens with one attached hydrogen (secondary N) is 1. The summed E-state index contributed by atoms with van der Waals surface area (Å²) in [5.74, 6) is 0. The quantitative estimate of drug-likeness (QED) is 0.844. The van der Waals surface area contributed by atoms with E-state index in [1.165, 1.54) is 4.88 Å². The highest BCUT2D eigenvalue weighted by atomic mass is 79.9. The Morgan fingerprint density at radius 2 is 2.33 bits per heavy atom. The minimum absolute atomic E-state index is 0.148. The molecule has 1 aromatic heterocycles. The van der Waals surface area contributed by atoms with E-state index in [1.54, 1.807) is 11.3 Å². The minimum atomic E-state index is -0.148. The molecule has 1 heterocycles. The largest absolute Gasteiger partial charge is 0.394 e. The summed E-state index contributed by atoms with van der Waals surface area (Å²) in [5.41, 5.74) is -0.148. The third-order valence-electron chi connectivity index (χ3n) is 2.46. The maximum Gasteiger partial charge on any atom is 0.0610 e. The highest BCUT2D eigenvalue weighted by Crippen LogP contribution is 2.21. The van der Waals surface area contributed by atoms with Crippen LogP contribution >= 0.6 is 27.3 Å². The molecule has 0 amide bonds. The second-order valence-corrected chi connectivity index (χ2v) is 5.97. The van der Waals surface area contributed by atoms with Crippen molar-refractivity contribution in [1.82, 2.24) is 5.32 Å². The Kier molecular flexibility index (Phi) is 5.26. The van der Waals surface area contributed by atoms with Crippen LogP contribution in [0.5, 0.6) is 0 Å². The molecule has 0 spiro atoms. The van der Waals surface area contributed by atoms with E-state index in [0.717, 1.165) is 23.9 Å². The summed E-state index contributed by atoms with van der Waals surface area (Å²) in [5, 5.41) is 14.8. The molecule has 1 atom stereocenters. The van der Waals surface area contributed by atoms with Crippen LogP contribution in [0.25, 0.3) is 0 Å². The first-order valence-electron chi connectivity index (χ1n) is 5.18.